The summed E-state index contributed by atoms with van der Waals surface area (Å²) in [6, 6.07) is 12.8. The van der Waals surface area contributed by atoms with Crippen molar-refractivity contribution in [3.8, 4) is 28.6 Å². The highest BCUT2D eigenvalue weighted by Crippen LogP contribution is 2.47. The van der Waals surface area contributed by atoms with E-state index in [1.54, 1.807) is 26.0 Å². The van der Waals surface area contributed by atoms with E-state index >= 15 is 0 Å². The normalized spacial score (nSPS) is 18.6. The number of carbonyl (C=O) groups excluding carboxylic acids is 1. The monoisotopic (exact) mass is 460 g/mol. The Labute approximate surface area is 198 Å². The van der Waals surface area contributed by atoms with Gasteiger partial charge < -0.3 is 19.5 Å². The van der Waals surface area contributed by atoms with Crippen LogP contribution in [-0.2, 0) is 4.79 Å². The minimum atomic E-state index is -0.463. The fourth-order valence-corrected chi connectivity index (χ4v) is 4.80. The maximum Gasteiger partial charge on any atom is 0.226 e. The molecule has 1 atom stereocenters. The van der Waals surface area contributed by atoms with E-state index < -0.39 is 6.04 Å². The first-order chi connectivity index (χ1) is 16.3. The highest BCUT2D eigenvalue weighted by atomic mass is 16.5. The van der Waals surface area contributed by atoms with Crippen molar-refractivity contribution in [3.63, 3.8) is 0 Å². The molecule has 0 amide bonds. The molecule has 5 rings (SSSR count). The second kappa shape index (κ2) is 8.20. The summed E-state index contributed by atoms with van der Waals surface area (Å²) in [6.07, 6.45) is 1.21. The molecule has 0 saturated carbocycles. The smallest absolute Gasteiger partial charge is 0.226 e. The number of nitrogens with zero attached hydrogens (tertiary/aromatic N) is 3. The van der Waals surface area contributed by atoms with Gasteiger partial charge in [0.2, 0.25) is 5.95 Å². The molecular weight excluding hydrogens is 432 g/mol. The maximum atomic E-state index is 13.5. The zero-order valence-electron chi connectivity index (χ0n) is 20.0. The van der Waals surface area contributed by atoms with Gasteiger partial charge in [0.15, 0.2) is 11.6 Å². The van der Waals surface area contributed by atoms with Crippen molar-refractivity contribution in [2.75, 3.05) is 26.6 Å². The van der Waals surface area contributed by atoms with Crippen molar-refractivity contribution >= 4 is 11.7 Å². The Kier molecular flexibility index (Phi) is 5.31. The molecule has 2 heterocycles. The first-order valence-corrected chi connectivity index (χ1v) is 11.2. The van der Waals surface area contributed by atoms with Crippen molar-refractivity contribution in [3.05, 3.63) is 59.3 Å². The van der Waals surface area contributed by atoms with E-state index in [4.69, 9.17) is 24.3 Å². The summed E-state index contributed by atoms with van der Waals surface area (Å²) in [5, 5.41) is 8.26. The van der Waals surface area contributed by atoms with Crippen LogP contribution in [0.5, 0.6) is 17.2 Å². The number of anilines is 1. The van der Waals surface area contributed by atoms with Crippen LogP contribution in [0.3, 0.4) is 0 Å². The second-order valence-corrected chi connectivity index (χ2v) is 9.40. The first-order valence-electron chi connectivity index (χ1n) is 11.2. The van der Waals surface area contributed by atoms with Crippen LogP contribution in [0.25, 0.3) is 11.4 Å². The average Bonchev–Trinajstić information content (AvgIpc) is 3.25. The quantitative estimate of drug-likeness (QED) is 0.594. The molecule has 0 spiro atoms. The molecule has 8 heteroatoms. The number of Topliss-reactive ketones (excluding diaryl/α,β-unsaturated/α-hetero) is 1. The molecule has 0 fully saturated rings. The molecule has 176 valence electrons. The molecule has 3 aromatic rings. The molecule has 1 aliphatic carbocycles. The third-order valence-electron chi connectivity index (χ3n) is 6.42. The third-order valence-corrected chi connectivity index (χ3v) is 6.42. The van der Waals surface area contributed by atoms with Crippen LogP contribution in [0.4, 0.5) is 5.95 Å². The predicted molar refractivity (Wildman–Crippen MR) is 128 cm³/mol. The average molecular weight is 461 g/mol. The van der Waals surface area contributed by atoms with E-state index in [2.05, 4.69) is 19.2 Å². The predicted octanol–water partition coefficient (Wildman–Crippen LogP) is 4.63. The van der Waals surface area contributed by atoms with Gasteiger partial charge in [0.25, 0.3) is 0 Å². The number of hydrogen-bond acceptors (Lipinski definition) is 7. The molecular formula is C26H28N4O4. The highest BCUT2D eigenvalue weighted by molar-refractivity contribution is 6.00. The number of carbonyl (C=O) groups is 1. The van der Waals surface area contributed by atoms with Crippen molar-refractivity contribution in [1.29, 1.82) is 0 Å². The fraction of sp³-hybridized carbons (Fsp3) is 0.346. The largest absolute Gasteiger partial charge is 0.497 e. The Morgan fingerprint density at radius 3 is 2.35 bits per heavy atom. The molecule has 0 radical (unpaired) electrons. The van der Waals surface area contributed by atoms with Crippen LogP contribution < -0.4 is 19.5 Å². The summed E-state index contributed by atoms with van der Waals surface area (Å²) in [5.74, 6) is 3.33. The molecule has 1 N–H and O–H groups in total. The van der Waals surface area contributed by atoms with Crippen molar-refractivity contribution < 1.29 is 19.0 Å². The lowest BCUT2D eigenvalue weighted by Gasteiger charge is -2.38. The number of nitrogens with one attached hydrogen (secondary N) is 1. The zero-order chi connectivity index (χ0) is 24.0. The number of ether oxygens (including phenoxy) is 3. The maximum absolute atomic E-state index is 13.5. The van der Waals surface area contributed by atoms with E-state index in [9.17, 15) is 4.79 Å². The highest BCUT2D eigenvalue weighted by Gasteiger charge is 2.42. The Bertz CT molecular complexity index is 1290. The van der Waals surface area contributed by atoms with Gasteiger partial charge in [-0.2, -0.15) is 4.98 Å². The minimum absolute atomic E-state index is 0.105. The van der Waals surface area contributed by atoms with Gasteiger partial charge in [-0.3, -0.25) is 4.79 Å². The van der Waals surface area contributed by atoms with Crippen LogP contribution >= 0.6 is 0 Å². The molecule has 1 unspecified atom stereocenters. The topological polar surface area (TPSA) is 87.5 Å². The SMILES string of the molecule is COc1ccc(-c2nc3n(n2)C(c2ccc(OC)cc2OC)C2=C(CC(C)(C)CC2=O)N3)cc1. The summed E-state index contributed by atoms with van der Waals surface area (Å²) in [6.45, 7) is 4.23. The molecule has 0 saturated heterocycles. The summed E-state index contributed by atoms with van der Waals surface area (Å²) in [4.78, 5) is 18.3. The second-order valence-electron chi connectivity index (χ2n) is 9.40. The lowest BCUT2D eigenvalue weighted by atomic mass is 9.73. The number of rotatable bonds is 5. The van der Waals surface area contributed by atoms with Gasteiger partial charge in [0.05, 0.1) is 21.3 Å². The standard InChI is InChI=1S/C26H28N4O4/c1-26(2)13-19-22(20(31)14-26)23(18-11-10-17(33-4)12-21(18)34-5)30-25(27-19)28-24(29-30)15-6-8-16(32-3)9-7-15/h6-12,23H,13-14H2,1-5H3,(H,27,28,29). The Balaban J connectivity index is 1.68. The summed E-state index contributed by atoms with van der Waals surface area (Å²) >= 11 is 0. The molecule has 1 aromatic heterocycles. The van der Waals surface area contributed by atoms with Crippen LogP contribution in [0.2, 0.25) is 0 Å². The molecule has 8 nitrogen and oxygen atoms in total. The lowest BCUT2D eigenvalue weighted by molar-refractivity contribution is -0.118. The number of methoxy groups -OCH3 is 3. The van der Waals surface area contributed by atoms with E-state index in [0.717, 1.165) is 29.0 Å². The van der Waals surface area contributed by atoms with Crippen LogP contribution in [0.1, 0.15) is 38.3 Å². The van der Waals surface area contributed by atoms with Crippen molar-refractivity contribution in [2.24, 2.45) is 5.41 Å². The van der Waals surface area contributed by atoms with E-state index in [1.807, 2.05) is 42.5 Å². The lowest BCUT2D eigenvalue weighted by Crippen LogP contribution is -2.36. The van der Waals surface area contributed by atoms with Crippen LogP contribution in [-0.4, -0.2) is 41.9 Å². The zero-order valence-corrected chi connectivity index (χ0v) is 20.0. The molecule has 34 heavy (non-hydrogen) atoms. The van der Waals surface area contributed by atoms with Gasteiger partial charge in [-0.25, -0.2) is 4.68 Å². The van der Waals surface area contributed by atoms with Gasteiger partial charge in [-0.1, -0.05) is 13.8 Å². The third kappa shape index (κ3) is 3.69. The molecule has 2 aliphatic rings. The van der Waals surface area contributed by atoms with Crippen LogP contribution in [0.15, 0.2) is 53.7 Å². The number of benzene rings is 2. The van der Waals surface area contributed by atoms with E-state index in [0.29, 0.717) is 35.3 Å². The Morgan fingerprint density at radius 1 is 0.971 bits per heavy atom. The minimum Gasteiger partial charge on any atom is -0.497 e. The fourth-order valence-electron chi connectivity index (χ4n) is 4.80. The van der Waals surface area contributed by atoms with Crippen molar-refractivity contribution in [2.45, 2.75) is 32.7 Å². The Hall–Kier alpha value is -3.81. The van der Waals surface area contributed by atoms with Gasteiger partial charge in [0.1, 0.15) is 23.3 Å². The van der Waals surface area contributed by atoms with E-state index in [1.165, 1.54) is 0 Å². The summed E-state index contributed by atoms with van der Waals surface area (Å²) in [7, 11) is 4.86. The number of fused-ring (bicyclic) bond motifs is 1. The number of hydrogen-bond donors (Lipinski definition) is 1. The molecule has 0 bridgehead atoms. The van der Waals surface area contributed by atoms with E-state index in [-0.39, 0.29) is 11.2 Å². The number of allylic oxidation sites excluding steroid dienone is 2. The number of ketones is 1. The van der Waals surface area contributed by atoms with Gasteiger partial charge >= 0.3 is 0 Å². The molecule has 1 aliphatic heterocycles. The molecule has 2 aromatic carbocycles. The van der Waals surface area contributed by atoms with Gasteiger partial charge in [-0.05, 0) is 48.2 Å². The summed E-state index contributed by atoms with van der Waals surface area (Å²) < 4.78 is 18.2. The van der Waals surface area contributed by atoms with Crippen molar-refractivity contribution in [1.82, 2.24) is 14.8 Å². The number of aromatic nitrogens is 3. The van der Waals surface area contributed by atoms with Crippen LogP contribution in [0, 0.1) is 5.41 Å². The van der Waals surface area contributed by atoms with Gasteiger partial charge in [0, 0.05) is 34.9 Å². The first kappa shape index (κ1) is 22.0. The van der Waals surface area contributed by atoms with Gasteiger partial charge in [-0.15, -0.1) is 5.10 Å². The summed E-state index contributed by atoms with van der Waals surface area (Å²) in [5.41, 5.74) is 3.15. The Morgan fingerprint density at radius 2 is 1.68 bits per heavy atom.